The first-order valence-corrected chi connectivity index (χ1v) is 10.8. The number of thioether (sulfide) groups is 1. The van der Waals surface area contributed by atoms with Gasteiger partial charge in [-0.3, -0.25) is 0 Å². The summed E-state index contributed by atoms with van der Waals surface area (Å²) < 4.78 is 12.6. The van der Waals surface area contributed by atoms with Gasteiger partial charge in [0.05, 0.1) is 19.8 Å². The molecule has 2 aliphatic rings. The summed E-state index contributed by atoms with van der Waals surface area (Å²) in [7, 11) is 1.76. The highest BCUT2D eigenvalue weighted by Gasteiger charge is 2.45. The highest BCUT2D eigenvalue weighted by Crippen LogP contribution is 2.41. The van der Waals surface area contributed by atoms with E-state index >= 15 is 0 Å². The van der Waals surface area contributed by atoms with Crippen molar-refractivity contribution in [2.45, 2.75) is 37.4 Å². The summed E-state index contributed by atoms with van der Waals surface area (Å²) in [5.74, 6) is 1.85. The van der Waals surface area contributed by atoms with Gasteiger partial charge >= 0.3 is 0 Å². The predicted octanol–water partition coefficient (Wildman–Crippen LogP) is 5.76. The van der Waals surface area contributed by atoms with E-state index in [0.717, 1.165) is 30.9 Å². The second-order valence-corrected chi connectivity index (χ2v) is 8.13. The molecule has 1 fully saturated rings. The van der Waals surface area contributed by atoms with E-state index in [2.05, 4.69) is 71.0 Å². The third kappa shape index (κ3) is 4.02. The Morgan fingerprint density at radius 1 is 0.963 bits per heavy atom. The van der Waals surface area contributed by atoms with E-state index in [1.807, 2.05) is 0 Å². The van der Waals surface area contributed by atoms with E-state index in [1.54, 1.807) is 18.9 Å². The van der Waals surface area contributed by atoms with E-state index in [1.165, 1.54) is 24.2 Å². The Kier molecular flexibility index (Phi) is 5.74. The zero-order chi connectivity index (χ0) is 18.5. The molecule has 4 rings (SSSR count). The average Bonchev–Trinajstić information content (AvgIpc) is 3.37. The van der Waals surface area contributed by atoms with Gasteiger partial charge in [0.15, 0.2) is 5.60 Å². The lowest BCUT2D eigenvalue weighted by Crippen LogP contribution is -2.48. The van der Waals surface area contributed by atoms with Crippen molar-refractivity contribution >= 4 is 23.1 Å². The minimum atomic E-state index is -0.417. The van der Waals surface area contributed by atoms with Gasteiger partial charge in [0, 0.05) is 22.5 Å². The Morgan fingerprint density at radius 3 is 2.11 bits per heavy atom. The maximum atomic E-state index is 6.78. The highest BCUT2D eigenvalue weighted by molar-refractivity contribution is 8.02. The number of anilines is 2. The lowest BCUT2D eigenvalue weighted by molar-refractivity contribution is -0.0702. The van der Waals surface area contributed by atoms with Gasteiger partial charge < -0.3 is 14.4 Å². The van der Waals surface area contributed by atoms with Crippen LogP contribution in [-0.4, -0.2) is 31.1 Å². The second-order valence-electron chi connectivity index (χ2n) is 7.27. The summed E-state index contributed by atoms with van der Waals surface area (Å²) in [5.41, 5.74) is 1.93. The monoisotopic (exact) mass is 381 g/mol. The number of para-hydroxylation sites is 2. The van der Waals surface area contributed by atoms with Crippen LogP contribution >= 0.6 is 11.8 Å². The standard InChI is InChI=1S/C23H27NO2S/c1-25-22-16-27-18-23(22,26-21-14-8-9-15-21)17-24(19-10-4-2-5-11-19)20-12-6-3-7-13-20/h2-7,10-13,16,21H,8-9,14-15,17-18H2,1H3. The summed E-state index contributed by atoms with van der Waals surface area (Å²) in [6.45, 7) is 0.740. The second kappa shape index (κ2) is 8.41. The average molecular weight is 382 g/mol. The van der Waals surface area contributed by atoms with Crippen molar-refractivity contribution in [3.63, 3.8) is 0 Å². The van der Waals surface area contributed by atoms with Crippen LogP contribution in [0.5, 0.6) is 0 Å². The van der Waals surface area contributed by atoms with Crippen LogP contribution in [0.25, 0.3) is 0 Å². The Balaban J connectivity index is 1.69. The van der Waals surface area contributed by atoms with E-state index < -0.39 is 5.60 Å². The molecule has 0 radical (unpaired) electrons. The molecule has 0 amide bonds. The SMILES string of the molecule is COC1=CSCC1(CN(c1ccccc1)c1ccccc1)OC1CCCC1. The maximum absolute atomic E-state index is 6.78. The molecule has 1 aliphatic heterocycles. The lowest BCUT2D eigenvalue weighted by Gasteiger charge is -2.39. The van der Waals surface area contributed by atoms with Crippen LogP contribution in [0.15, 0.2) is 71.8 Å². The largest absolute Gasteiger partial charge is 0.497 e. The quantitative estimate of drug-likeness (QED) is 0.608. The van der Waals surface area contributed by atoms with Crippen LogP contribution in [0.3, 0.4) is 0 Å². The zero-order valence-electron chi connectivity index (χ0n) is 15.8. The fraction of sp³-hybridized carbons (Fsp3) is 0.391. The Labute approximate surface area is 166 Å². The van der Waals surface area contributed by atoms with Crippen LogP contribution in [0.4, 0.5) is 11.4 Å². The molecule has 0 N–H and O–H groups in total. The molecule has 2 aromatic rings. The van der Waals surface area contributed by atoms with Crippen molar-refractivity contribution < 1.29 is 9.47 Å². The van der Waals surface area contributed by atoms with Gasteiger partial charge in [0.2, 0.25) is 0 Å². The number of nitrogens with zero attached hydrogens (tertiary/aromatic N) is 1. The molecule has 0 spiro atoms. The molecular formula is C23H27NO2S. The molecule has 3 nitrogen and oxygen atoms in total. The van der Waals surface area contributed by atoms with E-state index in [4.69, 9.17) is 9.47 Å². The van der Waals surface area contributed by atoms with E-state index in [0.29, 0.717) is 6.10 Å². The smallest absolute Gasteiger partial charge is 0.153 e. The van der Waals surface area contributed by atoms with Crippen molar-refractivity contribution in [1.82, 2.24) is 0 Å². The van der Waals surface area contributed by atoms with Crippen LogP contribution in [0.2, 0.25) is 0 Å². The molecular weight excluding hydrogens is 354 g/mol. The molecule has 0 bridgehead atoms. The summed E-state index contributed by atoms with van der Waals surface area (Å²) in [5, 5.41) is 2.13. The van der Waals surface area contributed by atoms with Gasteiger partial charge in [-0.2, -0.15) is 0 Å². The zero-order valence-corrected chi connectivity index (χ0v) is 16.7. The summed E-state index contributed by atoms with van der Waals surface area (Å²) in [4.78, 5) is 2.35. The number of hydrogen-bond acceptors (Lipinski definition) is 4. The van der Waals surface area contributed by atoms with Gasteiger partial charge in [-0.1, -0.05) is 49.2 Å². The first-order valence-electron chi connectivity index (χ1n) is 9.72. The van der Waals surface area contributed by atoms with Crippen LogP contribution < -0.4 is 4.90 Å². The number of hydrogen-bond donors (Lipinski definition) is 0. The minimum absolute atomic E-state index is 0.329. The Morgan fingerprint density at radius 2 is 1.56 bits per heavy atom. The van der Waals surface area contributed by atoms with Gasteiger partial charge in [-0.15, -0.1) is 11.8 Å². The molecule has 0 saturated heterocycles. The number of methoxy groups -OCH3 is 1. The maximum Gasteiger partial charge on any atom is 0.153 e. The molecule has 1 atom stereocenters. The third-order valence-corrected chi connectivity index (χ3v) is 6.43. The molecule has 0 aromatic heterocycles. The molecule has 4 heteroatoms. The Hall–Kier alpha value is -1.91. The van der Waals surface area contributed by atoms with Gasteiger partial charge in [-0.25, -0.2) is 0 Å². The number of ether oxygens (including phenoxy) is 2. The van der Waals surface area contributed by atoms with Crippen molar-refractivity contribution in [2.24, 2.45) is 0 Å². The van der Waals surface area contributed by atoms with Crippen molar-refractivity contribution in [3.8, 4) is 0 Å². The highest BCUT2D eigenvalue weighted by atomic mass is 32.2. The summed E-state index contributed by atoms with van der Waals surface area (Å²) in [6, 6.07) is 21.1. The molecule has 142 valence electrons. The van der Waals surface area contributed by atoms with Crippen molar-refractivity contribution in [2.75, 3.05) is 24.3 Å². The normalized spacial score (nSPS) is 22.6. The summed E-state index contributed by atoms with van der Waals surface area (Å²) in [6.07, 6.45) is 5.16. The number of rotatable bonds is 7. The fourth-order valence-electron chi connectivity index (χ4n) is 4.05. The topological polar surface area (TPSA) is 21.7 Å². The van der Waals surface area contributed by atoms with Crippen molar-refractivity contribution in [1.29, 1.82) is 0 Å². The summed E-state index contributed by atoms with van der Waals surface area (Å²) >= 11 is 1.79. The first kappa shape index (κ1) is 18.5. The molecule has 1 aliphatic carbocycles. The lowest BCUT2D eigenvalue weighted by atomic mass is 10.0. The van der Waals surface area contributed by atoms with Crippen LogP contribution in [-0.2, 0) is 9.47 Å². The Bertz CT molecular complexity index is 719. The van der Waals surface area contributed by atoms with Gasteiger partial charge in [0.1, 0.15) is 5.76 Å². The molecule has 1 unspecified atom stereocenters. The van der Waals surface area contributed by atoms with Crippen molar-refractivity contribution in [3.05, 3.63) is 71.8 Å². The first-order chi connectivity index (χ1) is 13.3. The number of benzene rings is 2. The van der Waals surface area contributed by atoms with E-state index in [-0.39, 0.29) is 0 Å². The van der Waals surface area contributed by atoms with Gasteiger partial charge in [0.25, 0.3) is 0 Å². The van der Waals surface area contributed by atoms with Crippen LogP contribution in [0.1, 0.15) is 25.7 Å². The molecule has 1 saturated carbocycles. The minimum Gasteiger partial charge on any atom is -0.497 e. The third-order valence-electron chi connectivity index (χ3n) is 5.42. The molecule has 2 aromatic carbocycles. The molecule has 27 heavy (non-hydrogen) atoms. The van der Waals surface area contributed by atoms with E-state index in [9.17, 15) is 0 Å². The predicted molar refractivity (Wildman–Crippen MR) is 114 cm³/mol. The van der Waals surface area contributed by atoms with Gasteiger partial charge in [-0.05, 0) is 37.1 Å². The van der Waals surface area contributed by atoms with Crippen LogP contribution in [0, 0.1) is 0 Å². The molecule has 1 heterocycles. The fourth-order valence-corrected chi connectivity index (χ4v) is 5.16.